The van der Waals surface area contributed by atoms with Crippen LogP contribution in [0.25, 0.3) is 0 Å². The van der Waals surface area contributed by atoms with E-state index >= 15 is 0 Å². The number of nitrogens with two attached hydrogens (primary N) is 1. The van der Waals surface area contributed by atoms with Crippen molar-refractivity contribution in [1.29, 1.82) is 0 Å². The van der Waals surface area contributed by atoms with Crippen LogP contribution in [-0.4, -0.2) is 6.04 Å². The van der Waals surface area contributed by atoms with Gasteiger partial charge in [0.15, 0.2) is 0 Å². The monoisotopic (exact) mass is 389 g/mol. The largest absolute Gasteiger partial charge is 0.327 e. The zero-order valence-electron chi connectivity index (χ0n) is 10.8. The van der Waals surface area contributed by atoms with E-state index in [1.165, 1.54) is 5.56 Å². The minimum absolute atomic E-state index is 0.0174. The van der Waals surface area contributed by atoms with Gasteiger partial charge in [-0.05, 0) is 42.8 Å². The van der Waals surface area contributed by atoms with Gasteiger partial charge < -0.3 is 5.73 Å². The average Bonchev–Trinajstić information content (AvgIpc) is 2.39. The quantitative estimate of drug-likeness (QED) is 0.654. The fourth-order valence-corrected chi connectivity index (χ4v) is 3.76. The molecule has 2 N–H and O–H groups in total. The Morgan fingerprint density at radius 2 is 1.85 bits per heavy atom. The Morgan fingerprint density at radius 1 is 1.10 bits per heavy atom. The highest BCUT2D eigenvalue weighted by Crippen LogP contribution is 2.39. The lowest BCUT2D eigenvalue weighted by Gasteiger charge is -2.21. The lowest BCUT2D eigenvalue weighted by molar-refractivity contribution is 0.721. The van der Waals surface area contributed by atoms with Crippen molar-refractivity contribution in [1.82, 2.24) is 0 Å². The van der Waals surface area contributed by atoms with Crippen molar-refractivity contribution >= 4 is 50.9 Å². The summed E-state index contributed by atoms with van der Waals surface area (Å²) in [5.74, 6) is 0. The van der Waals surface area contributed by atoms with Crippen LogP contribution in [0.2, 0.25) is 10.0 Å². The van der Waals surface area contributed by atoms with Crippen LogP contribution in [0.1, 0.15) is 17.7 Å². The second-order valence-corrected chi connectivity index (χ2v) is 7.47. The van der Waals surface area contributed by atoms with E-state index in [-0.39, 0.29) is 11.3 Å². The maximum absolute atomic E-state index is 6.14. The molecule has 0 aliphatic rings. The summed E-state index contributed by atoms with van der Waals surface area (Å²) in [6.07, 6.45) is 0. The van der Waals surface area contributed by atoms with Crippen molar-refractivity contribution in [3.05, 3.63) is 62.5 Å². The van der Waals surface area contributed by atoms with Crippen LogP contribution in [0.4, 0.5) is 0 Å². The molecule has 0 amide bonds. The van der Waals surface area contributed by atoms with Gasteiger partial charge in [-0.25, -0.2) is 0 Å². The maximum atomic E-state index is 6.14. The van der Waals surface area contributed by atoms with Gasteiger partial charge >= 0.3 is 0 Å². The van der Waals surface area contributed by atoms with Crippen molar-refractivity contribution in [3.63, 3.8) is 0 Å². The zero-order valence-corrected chi connectivity index (χ0v) is 14.7. The fourth-order valence-electron chi connectivity index (χ4n) is 1.86. The van der Waals surface area contributed by atoms with E-state index in [1.807, 2.05) is 37.3 Å². The first kappa shape index (κ1) is 16.2. The van der Waals surface area contributed by atoms with Crippen molar-refractivity contribution in [2.45, 2.75) is 23.1 Å². The highest BCUT2D eigenvalue weighted by Gasteiger charge is 2.18. The molecule has 0 aliphatic heterocycles. The molecule has 0 radical (unpaired) electrons. The molecule has 106 valence electrons. The van der Waals surface area contributed by atoms with E-state index in [2.05, 4.69) is 28.1 Å². The van der Waals surface area contributed by atoms with E-state index in [0.29, 0.717) is 10.0 Å². The molecule has 2 aromatic carbocycles. The second kappa shape index (κ2) is 7.19. The number of hydrogen-bond donors (Lipinski definition) is 1. The van der Waals surface area contributed by atoms with Crippen molar-refractivity contribution in [2.24, 2.45) is 5.73 Å². The van der Waals surface area contributed by atoms with Gasteiger partial charge in [-0.2, -0.15) is 0 Å². The molecule has 1 nitrogen and oxygen atoms in total. The van der Waals surface area contributed by atoms with Gasteiger partial charge in [-0.3, -0.25) is 0 Å². The van der Waals surface area contributed by atoms with E-state index in [9.17, 15) is 0 Å². The Hall–Kier alpha value is -0.190. The average molecular weight is 391 g/mol. The van der Waals surface area contributed by atoms with Crippen LogP contribution < -0.4 is 5.73 Å². The Labute approximate surface area is 142 Å². The number of hydrogen-bond acceptors (Lipinski definition) is 2. The Bertz CT molecular complexity index is 604. The minimum atomic E-state index is 0.0174. The van der Waals surface area contributed by atoms with Gasteiger partial charge in [-0.15, -0.1) is 11.8 Å². The molecule has 0 aromatic heterocycles. The van der Waals surface area contributed by atoms with Gasteiger partial charge in [-0.1, -0.05) is 51.3 Å². The summed E-state index contributed by atoms with van der Waals surface area (Å²) in [6, 6.07) is 13.9. The van der Waals surface area contributed by atoms with Crippen molar-refractivity contribution in [3.8, 4) is 0 Å². The molecular weight excluding hydrogens is 377 g/mol. The standard InChI is InChI=1S/C15H14BrCl2NS/c1-9(19)15(10-3-2-4-11(16)7-10)20-12-5-6-13(17)14(18)8-12/h2-9,15H,19H2,1H3. The normalized spacial score (nSPS) is 14.1. The predicted molar refractivity (Wildman–Crippen MR) is 92.9 cm³/mol. The van der Waals surface area contributed by atoms with Gasteiger partial charge in [0.25, 0.3) is 0 Å². The molecule has 0 fully saturated rings. The molecule has 20 heavy (non-hydrogen) atoms. The number of thioether (sulfide) groups is 1. The summed E-state index contributed by atoms with van der Waals surface area (Å²) in [5.41, 5.74) is 7.32. The Morgan fingerprint density at radius 3 is 2.45 bits per heavy atom. The SMILES string of the molecule is CC(N)C(Sc1ccc(Cl)c(Cl)c1)c1cccc(Br)c1. The van der Waals surface area contributed by atoms with Crippen LogP contribution in [0.5, 0.6) is 0 Å². The summed E-state index contributed by atoms with van der Waals surface area (Å²) in [7, 11) is 0. The van der Waals surface area contributed by atoms with Crippen LogP contribution in [-0.2, 0) is 0 Å². The topological polar surface area (TPSA) is 26.0 Å². The molecule has 0 saturated heterocycles. The molecule has 0 saturated carbocycles. The molecule has 0 aliphatic carbocycles. The summed E-state index contributed by atoms with van der Waals surface area (Å²) < 4.78 is 1.05. The highest BCUT2D eigenvalue weighted by molar-refractivity contribution is 9.10. The maximum Gasteiger partial charge on any atom is 0.0603 e. The number of rotatable bonds is 4. The molecule has 2 atom stereocenters. The first-order valence-corrected chi connectivity index (χ1v) is 8.53. The Kier molecular flexibility index (Phi) is 5.82. The van der Waals surface area contributed by atoms with Crippen LogP contribution in [0.15, 0.2) is 51.8 Å². The van der Waals surface area contributed by atoms with E-state index in [4.69, 9.17) is 28.9 Å². The minimum Gasteiger partial charge on any atom is -0.327 e. The second-order valence-electron chi connectivity index (χ2n) is 4.53. The molecule has 2 unspecified atom stereocenters. The molecule has 2 aromatic rings. The molecule has 2 rings (SSSR count). The highest BCUT2D eigenvalue weighted by atomic mass is 79.9. The van der Waals surface area contributed by atoms with E-state index < -0.39 is 0 Å². The first-order chi connectivity index (χ1) is 9.47. The zero-order chi connectivity index (χ0) is 14.7. The van der Waals surface area contributed by atoms with Gasteiger partial charge in [0.05, 0.1) is 10.0 Å². The van der Waals surface area contributed by atoms with Crippen LogP contribution in [0.3, 0.4) is 0 Å². The summed E-state index contributed by atoms with van der Waals surface area (Å²) in [6.45, 7) is 2.01. The van der Waals surface area contributed by atoms with Crippen molar-refractivity contribution < 1.29 is 0 Å². The molecule has 0 bridgehead atoms. The van der Waals surface area contributed by atoms with E-state index in [1.54, 1.807) is 11.8 Å². The fraction of sp³-hybridized carbons (Fsp3) is 0.200. The third kappa shape index (κ3) is 4.15. The summed E-state index contributed by atoms with van der Waals surface area (Å²) in [5, 5.41) is 1.29. The molecule has 0 spiro atoms. The summed E-state index contributed by atoms with van der Waals surface area (Å²) in [4.78, 5) is 1.06. The smallest absolute Gasteiger partial charge is 0.0603 e. The molecule has 5 heteroatoms. The first-order valence-electron chi connectivity index (χ1n) is 6.10. The van der Waals surface area contributed by atoms with Gasteiger partial charge in [0, 0.05) is 20.7 Å². The third-order valence-corrected chi connectivity index (χ3v) is 5.52. The van der Waals surface area contributed by atoms with Crippen LogP contribution in [0, 0.1) is 0 Å². The molecular formula is C15H14BrCl2NS. The third-order valence-electron chi connectivity index (χ3n) is 2.81. The van der Waals surface area contributed by atoms with Crippen LogP contribution >= 0.6 is 50.9 Å². The predicted octanol–water partition coefficient (Wildman–Crippen LogP) is 5.94. The summed E-state index contributed by atoms with van der Waals surface area (Å²) >= 11 is 17.2. The lowest BCUT2D eigenvalue weighted by Crippen LogP contribution is -2.22. The Balaban J connectivity index is 2.28. The lowest BCUT2D eigenvalue weighted by atomic mass is 10.1. The number of benzene rings is 2. The van der Waals surface area contributed by atoms with E-state index in [0.717, 1.165) is 9.37 Å². The van der Waals surface area contributed by atoms with Gasteiger partial charge in [0.2, 0.25) is 0 Å². The van der Waals surface area contributed by atoms with Gasteiger partial charge in [0.1, 0.15) is 0 Å². The molecule has 0 heterocycles. The van der Waals surface area contributed by atoms with Crippen molar-refractivity contribution in [2.75, 3.05) is 0 Å². The number of halogens is 3.